The first kappa shape index (κ1) is 15.8. The summed E-state index contributed by atoms with van der Waals surface area (Å²) in [5.41, 5.74) is 0.856. The second-order valence-electron chi connectivity index (χ2n) is 6.50. The van der Waals surface area contributed by atoms with Crippen molar-refractivity contribution in [1.29, 1.82) is 0 Å². The maximum absolute atomic E-state index is 9.63. The third-order valence-electron chi connectivity index (χ3n) is 4.82. The molecule has 0 amide bonds. The van der Waals surface area contributed by atoms with Crippen LogP contribution in [0.5, 0.6) is 0 Å². The van der Waals surface area contributed by atoms with Crippen molar-refractivity contribution in [2.45, 2.75) is 18.9 Å². The van der Waals surface area contributed by atoms with Gasteiger partial charge < -0.3 is 15.3 Å². The molecule has 0 bridgehead atoms. The van der Waals surface area contributed by atoms with Gasteiger partial charge in [-0.15, -0.1) is 5.10 Å². The summed E-state index contributed by atoms with van der Waals surface area (Å²) in [5.74, 6) is 2.77. The monoisotopic (exact) mass is 365 g/mol. The molecule has 5 rings (SSSR count). The number of hydrogen-bond donors (Lipinski definition) is 3. The lowest BCUT2D eigenvalue weighted by atomic mass is 10.2. The molecule has 0 unspecified atom stereocenters. The van der Waals surface area contributed by atoms with Gasteiger partial charge in [-0.05, 0) is 25.0 Å². The highest BCUT2D eigenvalue weighted by Crippen LogP contribution is 2.26. The first-order valence-electron chi connectivity index (χ1n) is 8.85. The van der Waals surface area contributed by atoms with Crippen LogP contribution in [0.1, 0.15) is 12.8 Å². The largest absolute Gasteiger partial charge is 0.394 e. The molecular weight excluding hydrogens is 346 g/mol. The zero-order valence-electron chi connectivity index (χ0n) is 14.5. The van der Waals surface area contributed by atoms with Gasteiger partial charge in [0.1, 0.15) is 23.5 Å². The van der Waals surface area contributed by atoms with Crippen LogP contribution in [-0.2, 0) is 0 Å². The Kier molecular flexibility index (Phi) is 3.75. The standard InChI is InChI=1S/C17H19N9O/c27-10-12-3-1-7-25(12)17-21-16(13-4-2-8-26(13)23-17)20-14-9-24(11-18-14)15-5-6-19-22-15/h2,4-6,8-9,11-12,27H,1,3,7,10H2,(H,19,22)(H,20,21,23)/t12-/m0/s1. The summed E-state index contributed by atoms with van der Waals surface area (Å²) in [4.78, 5) is 11.2. The van der Waals surface area contributed by atoms with Crippen LogP contribution in [-0.4, -0.2) is 58.6 Å². The molecule has 10 nitrogen and oxygen atoms in total. The van der Waals surface area contributed by atoms with Crippen molar-refractivity contribution in [3.8, 4) is 5.82 Å². The van der Waals surface area contributed by atoms with E-state index >= 15 is 0 Å². The number of anilines is 3. The van der Waals surface area contributed by atoms with Crippen LogP contribution in [0.25, 0.3) is 11.3 Å². The lowest BCUT2D eigenvalue weighted by Crippen LogP contribution is -2.34. The normalized spacial score (nSPS) is 17.1. The molecule has 138 valence electrons. The molecule has 4 aromatic rings. The maximum atomic E-state index is 9.63. The molecule has 0 aromatic carbocycles. The molecule has 3 N–H and O–H groups in total. The Morgan fingerprint density at radius 1 is 1.33 bits per heavy atom. The smallest absolute Gasteiger partial charge is 0.245 e. The minimum Gasteiger partial charge on any atom is -0.394 e. The van der Waals surface area contributed by atoms with Crippen molar-refractivity contribution < 1.29 is 5.11 Å². The Hall–Kier alpha value is -3.40. The van der Waals surface area contributed by atoms with Crippen LogP contribution in [0.4, 0.5) is 17.6 Å². The highest BCUT2D eigenvalue weighted by atomic mass is 16.3. The molecule has 1 saturated heterocycles. The van der Waals surface area contributed by atoms with Crippen LogP contribution in [0.2, 0.25) is 0 Å². The zero-order chi connectivity index (χ0) is 18.2. The second kappa shape index (κ2) is 6.40. The van der Waals surface area contributed by atoms with Crippen LogP contribution in [0, 0.1) is 0 Å². The van der Waals surface area contributed by atoms with E-state index in [1.54, 1.807) is 17.0 Å². The van der Waals surface area contributed by atoms with Gasteiger partial charge in [-0.2, -0.15) is 10.1 Å². The van der Waals surface area contributed by atoms with E-state index in [0.29, 0.717) is 17.6 Å². The van der Waals surface area contributed by atoms with Gasteiger partial charge in [-0.3, -0.25) is 9.67 Å². The van der Waals surface area contributed by atoms with Crippen LogP contribution < -0.4 is 10.2 Å². The summed E-state index contributed by atoms with van der Waals surface area (Å²) in [7, 11) is 0. The summed E-state index contributed by atoms with van der Waals surface area (Å²) in [5, 5.41) is 24.4. The van der Waals surface area contributed by atoms with Crippen molar-refractivity contribution in [3.05, 3.63) is 43.1 Å². The fraction of sp³-hybridized carbons (Fsp3) is 0.294. The van der Waals surface area contributed by atoms with Crippen LogP contribution in [0.15, 0.2) is 43.1 Å². The summed E-state index contributed by atoms with van der Waals surface area (Å²) >= 11 is 0. The van der Waals surface area contributed by atoms with Crippen LogP contribution in [0.3, 0.4) is 0 Å². The molecule has 0 radical (unpaired) electrons. The third kappa shape index (κ3) is 2.79. The van der Waals surface area contributed by atoms with Gasteiger partial charge in [-0.25, -0.2) is 9.50 Å². The lowest BCUT2D eigenvalue weighted by Gasteiger charge is -2.23. The first-order valence-corrected chi connectivity index (χ1v) is 8.85. The topological polar surface area (TPSA) is 112 Å². The number of aliphatic hydroxyl groups excluding tert-OH is 1. The highest BCUT2D eigenvalue weighted by Gasteiger charge is 2.27. The summed E-state index contributed by atoms with van der Waals surface area (Å²) in [6, 6.07) is 5.80. The zero-order valence-corrected chi connectivity index (χ0v) is 14.5. The van der Waals surface area contributed by atoms with Gasteiger partial charge in [0.05, 0.1) is 25.0 Å². The number of aromatic amines is 1. The molecule has 27 heavy (non-hydrogen) atoms. The maximum Gasteiger partial charge on any atom is 0.245 e. The van der Waals surface area contributed by atoms with Gasteiger partial charge in [0, 0.05) is 18.8 Å². The van der Waals surface area contributed by atoms with Gasteiger partial charge in [0.2, 0.25) is 5.95 Å². The highest BCUT2D eigenvalue weighted by molar-refractivity contribution is 5.73. The number of nitrogens with zero attached hydrogens (tertiary/aromatic N) is 7. The number of rotatable bonds is 5. The lowest BCUT2D eigenvalue weighted by molar-refractivity contribution is 0.265. The number of fused-ring (bicyclic) bond motifs is 1. The number of aromatic nitrogens is 7. The average molecular weight is 365 g/mol. The fourth-order valence-electron chi connectivity index (χ4n) is 3.46. The van der Waals surface area contributed by atoms with E-state index in [4.69, 9.17) is 4.98 Å². The first-order chi connectivity index (χ1) is 13.3. The number of hydrogen-bond acceptors (Lipinski definition) is 7. The van der Waals surface area contributed by atoms with E-state index < -0.39 is 0 Å². The van der Waals surface area contributed by atoms with E-state index in [9.17, 15) is 5.11 Å². The van der Waals surface area contributed by atoms with Crippen molar-refractivity contribution in [1.82, 2.24) is 34.3 Å². The third-order valence-corrected chi connectivity index (χ3v) is 4.82. The molecule has 0 aliphatic carbocycles. The van der Waals surface area contributed by atoms with E-state index in [0.717, 1.165) is 30.7 Å². The quantitative estimate of drug-likeness (QED) is 0.489. The molecule has 0 saturated carbocycles. The molecule has 0 spiro atoms. The Labute approximate surface area is 154 Å². The average Bonchev–Trinajstić information content (AvgIpc) is 3.47. The van der Waals surface area contributed by atoms with Gasteiger partial charge in [-0.1, -0.05) is 0 Å². The summed E-state index contributed by atoms with van der Waals surface area (Å²) in [6.45, 7) is 0.941. The van der Waals surface area contributed by atoms with Gasteiger partial charge in [0.25, 0.3) is 0 Å². The SMILES string of the molecule is OC[C@@H]1CCCN1c1nc(Nc2cn(-c3ccn[nH]3)cn2)c2cccn2n1. The van der Waals surface area contributed by atoms with Crippen molar-refractivity contribution in [2.24, 2.45) is 0 Å². The minimum atomic E-state index is 0.0606. The van der Waals surface area contributed by atoms with E-state index in [-0.39, 0.29) is 12.6 Å². The number of aliphatic hydroxyl groups is 1. The Balaban J connectivity index is 1.50. The Bertz CT molecular complexity index is 1050. The predicted octanol–water partition coefficient (Wildman–Crippen LogP) is 1.34. The second-order valence-corrected chi connectivity index (χ2v) is 6.50. The molecule has 1 aliphatic rings. The number of nitrogens with one attached hydrogen (secondary N) is 2. The van der Waals surface area contributed by atoms with Gasteiger partial charge in [0.15, 0.2) is 5.82 Å². The molecule has 5 heterocycles. The van der Waals surface area contributed by atoms with Gasteiger partial charge >= 0.3 is 0 Å². The minimum absolute atomic E-state index is 0.0606. The molecule has 1 fully saturated rings. The summed E-state index contributed by atoms with van der Waals surface area (Å²) in [6.07, 6.45) is 9.11. The molecule has 1 aliphatic heterocycles. The molecule has 4 aromatic heterocycles. The Morgan fingerprint density at radius 2 is 2.30 bits per heavy atom. The van der Waals surface area contributed by atoms with Crippen LogP contribution >= 0.6 is 0 Å². The van der Waals surface area contributed by atoms with Crippen molar-refractivity contribution in [2.75, 3.05) is 23.4 Å². The molecular formula is C17H19N9O. The van der Waals surface area contributed by atoms with Crippen molar-refractivity contribution >= 4 is 23.1 Å². The number of imidazole rings is 1. The predicted molar refractivity (Wildman–Crippen MR) is 99.4 cm³/mol. The van der Waals surface area contributed by atoms with E-state index in [2.05, 4.69) is 30.5 Å². The molecule has 1 atom stereocenters. The summed E-state index contributed by atoms with van der Waals surface area (Å²) < 4.78 is 3.64. The van der Waals surface area contributed by atoms with Crippen molar-refractivity contribution in [3.63, 3.8) is 0 Å². The Morgan fingerprint density at radius 3 is 3.15 bits per heavy atom. The van der Waals surface area contributed by atoms with E-state index in [1.807, 2.05) is 35.2 Å². The fourth-order valence-corrected chi connectivity index (χ4v) is 3.46. The number of H-pyrrole nitrogens is 1. The van der Waals surface area contributed by atoms with E-state index in [1.165, 1.54) is 0 Å². The molecule has 10 heteroatoms.